The van der Waals surface area contributed by atoms with Gasteiger partial charge in [-0.25, -0.2) is 0 Å². The number of nitrogens with zero attached hydrogens (tertiary/aromatic N) is 2. The third-order valence-corrected chi connectivity index (χ3v) is 3.72. The Balaban J connectivity index is 1.89. The Labute approximate surface area is 121 Å². The minimum absolute atomic E-state index is 0.429. The zero-order valence-corrected chi connectivity index (χ0v) is 12.3. The summed E-state index contributed by atoms with van der Waals surface area (Å²) in [6.07, 6.45) is 11.2. The second-order valence-electron chi connectivity index (χ2n) is 5.34. The van der Waals surface area contributed by atoms with E-state index in [0.717, 1.165) is 29.4 Å². The highest BCUT2D eigenvalue weighted by Gasteiger charge is 2.11. The van der Waals surface area contributed by atoms with Crippen molar-refractivity contribution < 1.29 is 5.11 Å². The van der Waals surface area contributed by atoms with Crippen molar-refractivity contribution in [3.8, 4) is 0 Å². The molecule has 1 aromatic carbocycles. The predicted octanol–water partition coefficient (Wildman–Crippen LogP) is 4.41. The third kappa shape index (κ3) is 4.01. The van der Waals surface area contributed by atoms with Crippen molar-refractivity contribution in [2.24, 2.45) is 0 Å². The lowest BCUT2D eigenvalue weighted by atomic mass is 10.0. The summed E-state index contributed by atoms with van der Waals surface area (Å²) in [5.41, 5.74) is 2.59. The number of fused-ring (bicyclic) bond motifs is 1. The molecule has 0 aliphatic heterocycles. The molecule has 0 amide bonds. The predicted molar refractivity (Wildman–Crippen MR) is 82.5 cm³/mol. The highest BCUT2D eigenvalue weighted by atomic mass is 16.3. The van der Waals surface area contributed by atoms with Gasteiger partial charge in [-0.2, -0.15) is 0 Å². The van der Waals surface area contributed by atoms with Crippen LogP contribution in [0.1, 0.15) is 63.5 Å². The molecule has 3 heteroatoms. The lowest BCUT2D eigenvalue weighted by Gasteiger charge is -2.12. The minimum Gasteiger partial charge on any atom is -0.388 e. The molecule has 2 rings (SSSR count). The van der Waals surface area contributed by atoms with Crippen LogP contribution in [-0.2, 0) is 0 Å². The monoisotopic (exact) mass is 272 g/mol. The Bertz CT molecular complexity index is 522. The molecule has 0 radical (unpaired) electrons. The first-order valence-corrected chi connectivity index (χ1v) is 7.70. The molecule has 0 saturated heterocycles. The maximum atomic E-state index is 10.4. The van der Waals surface area contributed by atoms with Crippen LogP contribution < -0.4 is 0 Å². The molecule has 0 fully saturated rings. The van der Waals surface area contributed by atoms with Gasteiger partial charge in [0.1, 0.15) is 0 Å². The van der Waals surface area contributed by atoms with Gasteiger partial charge in [-0.15, -0.1) is 0 Å². The van der Waals surface area contributed by atoms with Gasteiger partial charge < -0.3 is 5.11 Å². The minimum atomic E-state index is -0.429. The molecule has 1 N–H and O–H groups in total. The Kier molecular flexibility index (Phi) is 5.93. The number of aliphatic hydroxyl groups is 1. The van der Waals surface area contributed by atoms with E-state index in [4.69, 9.17) is 0 Å². The molecule has 20 heavy (non-hydrogen) atoms. The van der Waals surface area contributed by atoms with Crippen LogP contribution in [0.15, 0.2) is 30.6 Å². The van der Waals surface area contributed by atoms with E-state index < -0.39 is 6.10 Å². The fourth-order valence-electron chi connectivity index (χ4n) is 2.56. The van der Waals surface area contributed by atoms with Gasteiger partial charge in [0.05, 0.1) is 17.1 Å². The van der Waals surface area contributed by atoms with Gasteiger partial charge in [-0.05, 0) is 12.5 Å². The van der Waals surface area contributed by atoms with E-state index in [1.807, 2.05) is 18.2 Å². The number of aliphatic hydroxyl groups excluding tert-OH is 1. The number of para-hydroxylation sites is 1. The van der Waals surface area contributed by atoms with Crippen molar-refractivity contribution in [3.63, 3.8) is 0 Å². The molecule has 0 bridgehead atoms. The molecule has 108 valence electrons. The summed E-state index contributed by atoms with van der Waals surface area (Å²) in [5, 5.41) is 10.4. The first-order valence-electron chi connectivity index (χ1n) is 7.70. The number of rotatable bonds is 8. The molecule has 0 spiro atoms. The molecule has 1 heterocycles. The van der Waals surface area contributed by atoms with Gasteiger partial charge in [0, 0.05) is 18.0 Å². The van der Waals surface area contributed by atoms with E-state index in [-0.39, 0.29) is 0 Å². The van der Waals surface area contributed by atoms with E-state index in [1.165, 1.54) is 32.1 Å². The summed E-state index contributed by atoms with van der Waals surface area (Å²) in [6.45, 7) is 2.23. The van der Waals surface area contributed by atoms with Crippen LogP contribution in [0.5, 0.6) is 0 Å². The smallest absolute Gasteiger partial charge is 0.0944 e. The number of hydrogen-bond acceptors (Lipinski definition) is 3. The van der Waals surface area contributed by atoms with Crippen molar-refractivity contribution in [1.29, 1.82) is 0 Å². The van der Waals surface area contributed by atoms with Crippen molar-refractivity contribution >= 4 is 11.0 Å². The number of hydrogen-bond donors (Lipinski definition) is 1. The third-order valence-electron chi connectivity index (χ3n) is 3.72. The Morgan fingerprint density at radius 3 is 2.60 bits per heavy atom. The van der Waals surface area contributed by atoms with Crippen molar-refractivity contribution in [2.45, 2.75) is 58.0 Å². The van der Waals surface area contributed by atoms with Gasteiger partial charge >= 0.3 is 0 Å². The van der Waals surface area contributed by atoms with Crippen molar-refractivity contribution in [1.82, 2.24) is 9.97 Å². The standard InChI is InChI=1S/C17H24N2O/c1-2-3-4-5-6-7-11-16(20)14-9-8-10-15-17(14)19-13-12-18-15/h8-10,12-13,16,20H,2-7,11H2,1H3. The summed E-state index contributed by atoms with van der Waals surface area (Å²) in [7, 11) is 0. The molecule has 3 nitrogen and oxygen atoms in total. The van der Waals surface area contributed by atoms with E-state index in [2.05, 4.69) is 16.9 Å². The molecule has 1 aromatic heterocycles. The molecule has 0 aliphatic carbocycles. The van der Waals surface area contributed by atoms with Gasteiger partial charge in [0.25, 0.3) is 0 Å². The number of unbranched alkanes of at least 4 members (excludes halogenated alkanes) is 5. The maximum Gasteiger partial charge on any atom is 0.0944 e. The maximum absolute atomic E-state index is 10.4. The van der Waals surface area contributed by atoms with Crippen LogP contribution >= 0.6 is 0 Å². The lowest BCUT2D eigenvalue weighted by Crippen LogP contribution is -2.00. The summed E-state index contributed by atoms with van der Waals surface area (Å²) in [6, 6.07) is 5.83. The number of benzene rings is 1. The van der Waals surface area contributed by atoms with Crippen LogP contribution in [0.2, 0.25) is 0 Å². The molecular formula is C17H24N2O. The molecule has 2 aromatic rings. The zero-order chi connectivity index (χ0) is 14.2. The first kappa shape index (κ1) is 14.9. The van der Waals surface area contributed by atoms with Crippen LogP contribution in [0.4, 0.5) is 0 Å². The fourth-order valence-corrected chi connectivity index (χ4v) is 2.56. The highest BCUT2D eigenvalue weighted by Crippen LogP contribution is 2.25. The normalized spacial score (nSPS) is 12.7. The van der Waals surface area contributed by atoms with E-state index in [0.29, 0.717) is 0 Å². The van der Waals surface area contributed by atoms with Gasteiger partial charge in [0.2, 0.25) is 0 Å². The topological polar surface area (TPSA) is 46.0 Å². The summed E-state index contributed by atoms with van der Waals surface area (Å²) < 4.78 is 0. The second-order valence-corrected chi connectivity index (χ2v) is 5.34. The van der Waals surface area contributed by atoms with Crippen LogP contribution in [0.3, 0.4) is 0 Å². The SMILES string of the molecule is CCCCCCCCC(O)c1cccc2nccnc12. The Hall–Kier alpha value is -1.48. The van der Waals surface area contributed by atoms with Gasteiger partial charge in [0.15, 0.2) is 0 Å². The molecular weight excluding hydrogens is 248 g/mol. The second kappa shape index (κ2) is 7.95. The molecule has 0 saturated carbocycles. The van der Waals surface area contributed by atoms with Gasteiger partial charge in [-0.3, -0.25) is 9.97 Å². The first-order chi connectivity index (χ1) is 9.83. The van der Waals surface area contributed by atoms with Crippen LogP contribution in [-0.4, -0.2) is 15.1 Å². The molecule has 1 atom stereocenters. The van der Waals surface area contributed by atoms with Crippen LogP contribution in [0.25, 0.3) is 11.0 Å². The highest BCUT2D eigenvalue weighted by molar-refractivity contribution is 5.77. The van der Waals surface area contributed by atoms with E-state index in [9.17, 15) is 5.11 Å². The molecule has 0 aliphatic rings. The summed E-state index contributed by atoms with van der Waals surface area (Å²) >= 11 is 0. The van der Waals surface area contributed by atoms with Crippen molar-refractivity contribution in [3.05, 3.63) is 36.2 Å². The largest absolute Gasteiger partial charge is 0.388 e. The average Bonchev–Trinajstić information content (AvgIpc) is 2.50. The summed E-state index contributed by atoms with van der Waals surface area (Å²) in [5.74, 6) is 0. The average molecular weight is 272 g/mol. The number of aromatic nitrogens is 2. The summed E-state index contributed by atoms with van der Waals surface area (Å²) in [4.78, 5) is 8.63. The fraction of sp³-hybridized carbons (Fsp3) is 0.529. The van der Waals surface area contributed by atoms with E-state index in [1.54, 1.807) is 12.4 Å². The van der Waals surface area contributed by atoms with Gasteiger partial charge in [-0.1, -0.05) is 57.6 Å². The van der Waals surface area contributed by atoms with E-state index >= 15 is 0 Å². The molecule has 1 unspecified atom stereocenters. The Morgan fingerprint density at radius 1 is 1.00 bits per heavy atom. The van der Waals surface area contributed by atoms with Crippen molar-refractivity contribution in [2.75, 3.05) is 0 Å². The lowest BCUT2D eigenvalue weighted by molar-refractivity contribution is 0.164. The zero-order valence-electron chi connectivity index (χ0n) is 12.3. The van der Waals surface area contributed by atoms with Crippen LogP contribution in [0, 0.1) is 0 Å². The quantitative estimate of drug-likeness (QED) is 0.724. The Morgan fingerprint density at radius 2 is 1.75 bits per heavy atom.